The van der Waals surface area contributed by atoms with Crippen LogP contribution in [-0.2, 0) is 12.7 Å². The van der Waals surface area contributed by atoms with Gasteiger partial charge in [0.15, 0.2) is 11.7 Å². The van der Waals surface area contributed by atoms with Gasteiger partial charge in [0.25, 0.3) is 0 Å². The van der Waals surface area contributed by atoms with Crippen LogP contribution in [0.15, 0.2) is 10.4 Å². The Morgan fingerprint density at radius 3 is 2.54 bits per heavy atom. The Morgan fingerprint density at radius 1 is 1.31 bits per heavy atom. The molecule has 0 aromatic carbocycles. The summed E-state index contributed by atoms with van der Waals surface area (Å²) in [6.45, 7) is 5.03. The van der Waals surface area contributed by atoms with Crippen LogP contribution >= 0.6 is 35.3 Å². The topological polar surface area (TPSA) is 52.6 Å². The summed E-state index contributed by atoms with van der Waals surface area (Å²) in [5.41, 5.74) is -0.840. The van der Waals surface area contributed by atoms with Crippen molar-refractivity contribution in [2.75, 3.05) is 19.6 Å². The Kier molecular flexibility index (Phi) is 7.95. The predicted molar refractivity (Wildman–Crippen MR) is 108 cm³/mol. The molecule has 2 fully saturated rings. The number of aliphatic imine (C=N–C) groups is 1. The zero-order chi connectivity index (χ0) is 17.9. The smallest absolute Gasteiger partial charge is 0.357 e. The Labute approximate surface area is 172 Å². The fraction of sp³-hybridized carbons (Fsp3) is 0.750. The molecule has 0 spiro atoms. The third-order valence-electron chi connectivity index (χ3n) is 4.49. The maximum absolute atomic E-state index is 12.6. The van der Waals surface area contributed by atoms with Gasteiger partial charge in [-0.2, -0.15) is 13.2 Å². The maximum Gasteiger partial charge on any atom is 0.434 e. The number of alkyl halides is 3. The molecule has 148 valence electrons. The molecule has 1 saturated carbocycles. The van der Waals surface area contributed by atoms with E-state index < -0.39 is 11.9 Å². The molecule has 1 aliphatic heterocycles. The van der Waals surface area contributed by atoms with Gasteiger partial charge in [0.2, 0.25) is 0 Å². The first-order valence-corrected chi connectivity index (χ1v) is 9.64. The van der Waals surface area contributed by atoms with Crippen molar-refractivity contribution in [3.05, 3.63) is 16.1 Å². The molecule has 26 heavy (non-hydrogen) atoms. The monoisotopic (exact) mass is 503 g/mol. The number of likely N-dealkylation sites (tertiary alicyclic amines) is 1. The summed E-state index contributed by atoms with van der Waals surface area (Å²) in [6.07, 6.45) is 0.398. The van der Waals surface area contributed by atoms with E-state index in [-0.39, 0.29) is 30.5 Å². The largest absolute Gasteiger partial charge is 0.434 e. The summed E-state index contributed by atoms with van der Waals surface area (Å²) in [5, 5.41) is 7.98. The molecule has 2 aliphatic rings. The van der Waals surface area contributed by atoms with Crippen LogP contribution in [0.2, 0.25) is 0 Å². The number of rotatable bonds is 5. The summed E-state index contributed by atoms with van der Waals surface area (Å²) in [6, 6.07) is 1.16. The van der Waals surface area contributed by atoms with Gasteiger partial charge in [-0.3, -0.25) is 0 Å². The molecule has 3 rings (SSSR count). The Balaban J connectivity index is 0.00000243. The number of nitrogens with one attached hydrogen (secondary N) is 2. The average molecular weight is 503 g/mol. The SMILES string of the molecule is CCNC(=NCc1nc(C(F)(F)F)cs1)NC1CCN(C2CC2)CC1.I. The molecule has 1 aromatic rings. The van der Waals surface area contributed by atoms with Crippen LogP contribution in [0.5, 0.6) is 0 Å². The minimum atomic E-state index is -4.39. The minimum absolute atomic E-state index is 0. The second-order valence-corrected chi connectivity index (χ2v) is 7.45. The highest BCUT2D eigenvalue weighted by Crippen LogP contribution is 2.30. The van der Waals surface area contributed by atoms with Crippen LogP contribution in [-0.4, -0.2) is 47.6 Å². The number of nitrogens with zero attached hydrogens (tertiary/aromatic N) is 3. The number of hydrogen-bond donors (Lipinski definition) is 2. The highest BCUT2D eigenvalue weighted by atomic mass is 127. The van der Waals surface area contributed by atoms with Crippen molar-refractivity contribution in [1.82, 2.24) is 20.5 Å². The Bertz CT molecular complexity index is 595. The summed E-state index contributed by atoms with van der Waals surface area (Å²) in [5.74, 6) is 0.649. The van der Waals surface area contributed by atoms with Crippen molar-refractivity contribution in [2.45, 2.75) is 57.4 Å². The van der Waals surface area contributed by atoms with E-state index in [2.05, 4.69) is 25.5 Å². The van der Waals surface area contributed by atoms with Gasteiger partial charge in [-0.25, -0.2) is 9.98 Å². The first-order valence-electron chi connectivity index (χ1n) is 8.76. The third-order valence-corrected chi connectivity index (χ3v) is 5.33. The normalized spacial score (nSPS) is 19.9. The first-order chi connectivity index (χ1) is 12.0. The van der Waals surface area contributed by atoms with Crippen molar-refractivity contribution < 1.29 is 13.2 Å². The molecule has 1 aliphatic carbocycles. The quantitative estimate of drug-likeness (QED) is 0.367. The third kappa shape index (κ3) is 6.22. The molecule has 5 nitrogen and oxygen atoms in total. The van der Waals surface area contributed by atoms with E-state index in [4.69, 9.17) is 0 Å². The molecule has 0 unspecified atom stereocenters. The highest BCUT2D eigenvalue weighted by molar-refractivity contribution is 14.0. The lowest BCUT2D eigenvalue weighted by Gasteiger charge is -2.33. The standard InChI is InChI=1S/C16H24F3N5S.HI/c1-2-20-15(21-9-14-23-13(10-25-14)16(17,18)19)22-11-5-7-24(8-6-11)12-3-4-12;/h10-12H,2-9H2,1H3,(H2,20,21,22);1H. The van der Waals surface area contributed by atoms with Gasteiger partial charge >= 0.3 is 6.18 Å². The van der Waals surface area contributed by atoms with Crippen LogP contribution < -0.4 is 10.6 Å². The molecule has 0 atom stereocenters. The van der Waals surface area contributed by atoms with E-state index in [0.717, 1.165) is 48.7 Å². The molecule has 0 bridgehead atoms. The number of halogens is 4. The van der Waals surface area contributed by atoms with E-state index in [9.17, 15) is 13.2 Å². The van der Waals surface area contributed by atoms with Crippen molar-refractivity contribution >= 4 is 41.3 Å². The van der Waals surface area contributed by atoms with Crippen molar-refractivity contribution in [3.63, 3.8) is 0 Å². The van der Waals surface area contributed by atoms with E-state index in [0.29, 0.717) is 23.6 Å². The molecule has 0 amide bonds. The fourth-order valence-corrected chi connectivity index (χ4v) is 3.75. The van der Waals surface area contributed by atoms with E-state index in [1.807, 2.05) is 6.92 Å². The van der Waals surface area contributed by atoms with Gasteiger partial charge in [-0.05, 0) is 32.6 Å². The number of guanidine groups is 1. The minimum Gasteiger partial charge on any atom is -0.357 e. The predicted octanol–water partition coefficient (Wildman–Crippen LogP) is 3.46. The van der Waals surface area contributed by atoms with Gasteiger partial charge in [0, 0.05) is 37.1 Å². The lowest BCUT2D eigenvalue weighted by atomic mass is 10.1. The van der Waals surface area contributed by atoms with Crippen LogP contribution in [0, 0.1) is 0 Å². The summed E-state index contributed by atoms with van der Waals surface area (Å²) in [4.78, 5) is 10.6. The summed E-state index contributed by atoms with van der Waals surface area (Å²) < 4.78 is 37.8. The van der Waals surface area contributed by atoms with E-state index in [1.54, 1.807) is 0 Å². The van der Waals surface area contributed by atoms with Crippen molar-refractivity contribution in [2.24, 2.45) is 4.99 Å². The molecular formula is C16H25F3IN5S. The summed E-state index contributed by atoms with van der Waals surface area (Å²) >= 11 is 0.993. The maximum atomic E-state index is 12.6. The number of hydrogen-bond acceptors (Lipinski definition) is 4. The van der Waals surface area contributed by atoms with E-state index >= 15 is 0 Å². The van der Waals surface area contributed by atoms with E-state index in [1.165, 1.54) is 12.8 Å². The van der Waals surface area contributed by atoms with Crippen LogP contribution in [0.25, 0.3) is 0 Å². The average Bonchev–Trinajstić information content (AvgIpc) is 3.30. The zero-order valence-corrected chi connectivity index (χ0v) is 17.8. The molecular weight excluding hydrogens is 478 g/mol. The number of piperidine rings is 1. The fourth-order valence-electron chi connectivity index (χ4n) is 3.02. The molecule has 1 aromatic heterocycles. The van der Waals surface area contributed by atoms with Crippen molar-refractivity contribution in [3.8, 4) is 0 Å². The second kappa shape index (κ2) is 9.54. The first kappa shape index (κ1) is 21.7. The zero-order valence-electron chi connectivity index (χ0n) is 14.7. The summed E-state index contributed by atoms with van der Waals surface area (Å²) in [7, 11) is 0. The van der Waals surface area contributed by atoms with Crippen molar-refractivity contribution in [1.29, 1.82) is 0 Å². The lowest BCUT2D eigenvalue weighted by Crippen LogP contribution is -2.49. The Morgan fingerprint density at radius 2 is 2.00 bits per heavy atom. The molecule has 1 saturated heterocycles. The molecule has 10 heteroatoms. The Hall–Kier alpha value is -0.620. The van der Waals surface area contributed by atoms with Gasteiger partial charge in [0.1, 0.15) is 5.01 Å². The number of aromatic nitrogens is 1. The van der Waals surface area contributed by atoms with Crippen LogP contribution in [0.3, 0.4) is 0 Å². The van der Waals surface area contributed by atoms with Gasteiger partial charge in [0.05, 0.1) is 6.54 Å². The van der Waals surface area contributed by atoms with Gasteiger partial charge < -0.3 is 15.5 Å². The molecule has 2 N–H and O–H groups in total. The molecule has 0 radical (unpaired) electrons. The van der Waals surface area contributed by atoms with Gasteiger partial charge in [-0.15, -0.1) is 35.3 Å². The van der Waals surface area contributed by atoms with Crippen LogP contribution in [0.1, 0.15) is 43.3 Å². The van der Waals surface area contributed by atoms with Crippen LogP contribution in [0.4, 0.5) is 13.2 Å². The lowest BCUT2D eigenvalue weighted by molar-refractivity contribution is -0.140. The van der Waals surface area contributed by atoms with Gasteiger partial charge in [-0.1, -0.05) is 0 Å². The molecule has 2 heterocycles. The second-order valence-electron chi connectivity index (χ2n) is 6.51. The highest BCUT2D eigenvalue weighted by Gasteiger charge is 2.34. The number of thiazole rings is 1.